The smallest absolute Gasteiger partial charge is 0.263 e. The molecule has 1 amide bonds. The average molecular weight is 689 g/mol. The van der Waals surface area contributed by atoms with Crippen LogP contribution in [0.4, 0.5) is 17.5 Å². The van der Waals surface area contributed by atoms with Gasteiger partial charge in [0.1, 0.15) is 11.5 Å². The van der Waals surface area contributed by atoms with Crippen molar-refractivity contribution in [3.05, 3.63) is 46.0 Å². The number of unbranched alkanes of at least 4 members (excludes halogenated alkanes) is 4. The number of anilines is 3. The van der Waals surface area contributed by atoms with Gasteiger partial charge < -0.3 is 15.0 Å². The van der Waals surface area contributed by atoms with E-state index in [1.54, 1.807) is 17.7 Å². The average Bonchev–Trinajstić information content (AvgIpc) is 3.66. The van der Waals surface area contributed by atoms with Gasteiger partial charge in [-0.2, -0.15) is 4.98 Å². The molecule has 3 aromatic heterocycles. The maximum Gasteiger partial charge on any atom is 0.263 e. The zero-order chi connectivity index (χ0) is 34.9. The van der Waals surface area contributed by atoms with Crippen LogP contribution in [-0.4, -0.2) is 81.7 Å². The first kappa shape index (κ1) is 35.9. The Bertz CT molecular complexity index is 1660. The van der Waals surface area contributed by atoms with E-state index in [0.29, 0.717) is 36.0 Å². The molecule has 0 radical (unpaired) electrons. The Morgan fingerprint density at radius 3 is 2.42 bits per heavy atom. The SMILES string of the molecule is CC(=O)c1c(C)c2cnc(Nc3ccc(N4CCN(CCCCCCCC(=O)NOC5CCCCO5)CC4)cn3)nc2n(C2CCCC2)c1=O. The third-order valence-corrected chi connectivity index (χ3v) is 10.3. The highest BCUT2D eigenvalue weighted by Gasteiger charge is 2.26. The molecule has 1 saturated carbocycles. The van der Waals surface area contributed by atoms with Crippen LogP contribution < -0.4 is 21.3 Å². The van der Waals surface area contributed by atoms with E-state index >= 15 is 0 Å². The van der Waals surface area contributed by atoms with Crippen LogP contribution in [0.3, 0.4) is 0 Å². The van der Waals surface area contributed by atoms with Crippen LogP contribution in [0.1, 0.15) is 112 Å². The Morgan fingerprint density at radius 2 is 1.70 bits per heavy atom. The van der Waals surface area contributed by atoms with Crippen molar-refractivity contribution in [3.8, 4) is 0 Å². The molecule has 13 heteroatoms. The zero-order valence-corrected chi connectivity index (χ0v) is 29.6. The van der Waals surface area contributed by atoms with Crippen LogP contribution in [0.25, 0.3) is 11.0 Å². The molecule has 5 heterocycles. The van der Waals surface area contributed by atoms with Crippen molar-refractivity contribution in [2.45, 2.75) is 110 Å². The summed E-state index contributed by atoms with van der Waals surface area (Å²) in [7, 11) is 0. The molecule has 0 bridgehead atoms. The van der Waals surface area contributed by atoms with Gasteiger partial charge in [-0.05, 0) is 76.6 Å². The summed E-state index contributed by atoms with van der Waals surface area (Å²) in [6.45, 7) is 8.98. The first-order valence-corrected chi connectivity index (χ1v) is 18.6. The first-order chi connectivity index (χ1) is 24.4. The predicted octanol–water partition coefficient (Wildman–Crippen LogP) is 5.59. The van der Waals surface area contributed by atoms with E-state index in [1.807, 2.05) is 12.3 Å². The summed E-state index contributed by atoms with van der Waals surface area (Å²) in [5.74, 6) is 0.701. The van der Waals surface area contributed by atoms with Crippen molar-refractivity contribution in [2.75, 3.05) is 49.5 Å². The monoisotopic (exact) mass is 688 g/mol. The van der Waals surface area contributed by atoms with Gasteiger partial charge in [0.05, 0.1) is 17.4 Å². The van der Waals surface area contributed by atoms with Gasteiger partial charge in [0.2, 0.25) is 11.9 Å². The minimum Gasteiger partial charge on any atom is -0.368 e. The molecule has 270 valence electrons. The number of hydrogen-bond donors (Lipinski definition) is 2. The number of ether oxygens (including phenoxy) is 1. The molecule has 2 aliphatic heterocycles. The van der Waals surface area contributed by atoms with Crippen LogP contribution in [0.2, 0.25) is 0 Å². The number of nitrogens with zero attached hydrogens (tertiary/aromatic N) is 6. The fourth-order valence-corrected chi connectivity index (χ4v) is 7.44. The number of hydrogen-bond acceptors (Lipinski definition) is 11. The second-order valence-electron chi connectivity index (χ2n) is 13.9. The van der Waals surface area contributed by atoms with Gasteiger partial charge in [0.25, 0.3) is 5.56 Å². The van der Waals surface area contributed by atoms with E-state index in [4.69, 9.17) is 14.6 Å². The predicted molar refractivity (Wildman–Crippen MR) is 193 cm³/mol. The van der Waals surface area contributed by atoms with E-state index < -0.39 is 0 Å². The summed E-state index contributed by atoms with van der Waals surface area (Å²) in [4.78, 5) is 62.1. The highest BCUT2D eigenvalue weighted by Crippen LogP contribution is 2.32. The third kappa shape index (κ3) is 9.04. The Balaban J connectivity index is 0.927. The molecular formula is C37H52N8O5. The summed E-state index contributed by atoms with van der Waals surface area (Å²) < 4.78 is 7.20. The summed E-state index contributed by atoms with van der Waals surface area (Å²) in [5.41, 5.74) is 4.79. The number of nitrogens with one attached hydrogen (secondary N) is 2. The topological polar surface area (TPSA) is 144 Å². The van der Waals surface area contributed by atoms with Crippen molar-refractivity contribution in [1.29, 1.82) is 0 Å². The maximum atomic E-state index is 13.5. The van der Waals surface area contributed by atoms with Gasteiger partial charge in [-0.25, -0.2) is 20.3 Å². The Hall–Kier alpha value is -3.94. The second-order valence-corrected chi connectivity index (χ2v) is 13.9. The number of carbonyl (C=O) groups excluding carboxylic acids is 2. The van der Waals surface area contributed by atoms with E-state index in [0.717, 1.165) is 108 Å². The number of aryl methyl sites for hydroxylation is 1. The van der Waals surface area contributed by atoms with Crippen LogP contribution in [0.15, 0.2) is 29.3 Å². The van der Waals surface area contributed by atoms with Crippen molar-refractivity contribution in [1.82, 2.24) is 29.9 Å². The fourth-order valence-electron chi connectivity index (χ4n) is 7.44. The normalized spacial score (nSPS) is 18.8. The Labute approximate surface area is 294 Å². The summed E-state index contributed by atoms with van der Waals surface area (Å²) in [5, 5.41) is 3.94. The van der Waals surface area contributed by atoms with Crippen LogP contribution >= 0.6 is 0 Å². The Morgan fingerprint density at radius 1 is 0.940 bits per heavy atom. The molecule has 6 rings (SSSR count). The molecule has 50 heavy (non-hydrogen) atoms. The molecule has 1 atom stereocenters. The number of ketones is 1. The van der Waals surface area contributed by atoms with Crippen molar-refractivity contribution in [2.24, 2.45) is 0 Å². The lowest BCUT2D eigenvalue weighted by molar-refractivity contribution is -0.200. The lowest BCUT2D eigenvalue weighted by Gasteiger charge is -2.36. The molecule has 1 aliphatic carbocycles. The van der Waals surface area contributed by atoms with Crippen LogP contribution in [0.5, 0.6) is 0 Å². The molecule has 13 nitrogen and oxygen atoms in total. The maximum absolute atomic E-state index is 13.5. The lowest BCUT2D eigenvalue weighted by atomic mass is 10.0. The van der Waals surface area contributed by atoms with Gasteiger partial charge in [-0.3, -0.25) is 23.9 Å². The van der Waals surface area contributed by atoms with Gasteiger partial charge in [0, 0.05) is 63.3 Å². The van der Waals surface area contributed by atoms with Gasteiger partial charge in [-0.15, -0.1) is 0 Å². The van der Waals surface area contributed by atoms with Crippen molar-refractivity contribution < 1.29 is 19.2 Å². The standard InChI is InChI=1S/C37H52N8O5/c1-26-30-25-39-37(41-35(30)45(28-12-7-8-13-28)36(48)34(26)27(2)46)40-31-17-16-29(24-38-31)44-21-19-43(20-22-44)18-10-5-3-4-6-14-32(47)42-50-33-15-9-11-23-49-33/h16-17,24-25,28,33H,3-15,18-23H2,1-2H3,(H,42,47)(H,38,39,40,41). The van der Waals surface area contributed by atoms with Crippen LogP contribution in [0, 0.1) is 6.92 Å². The highest BCUT2D eigenvalue weighted by molar-refractivity contribution is 5.99. The zero-order valence-electron chi connectivity index (χ0n) is 29.6. The molecule has 2 saturated heterocycles. The lowest BCUT2D eigenvalue weighted by Crippen LogP contribution is -2.46. The fraction of sp³-hybridized carbons (Fsp3) is 0.622. The third-order valence-electron chi connectivity index (χ3n) is 10.3. The number of Topliss-reactive ketones (excluding diaryl/α,β-unsaturated/α-hetero) is 1. The van der Waals surface area contributed by atoms with Crippen molar-refractivity contribution >= 4 is 40.2 Å². The van der Waals surface area contributed by atoms with E-state index in [1.165, 1.54) is 19.8 Å². The van der Waals surface area contributed by atoms with E-state index in [9.17, 15) is 14.4 Å². The number of carbonyl (C=O) groups is 2. The van der Waals surface area contributed by atoms with E-state index in [2.05, 4.69) is 36.6 Å². The molecular weight excluding hydrogens is 636 g/mol. The largest absolute Gasteiger partial charge is 0.368 e. The molecule has 0 spiro atoms. The molecule has 3 aliphatic rings. The molecule has 0 aromatic carbocycles. The summed E-state index contributed by atoms with van der Waals surface area (Å²) >= 11 is 0. The number of amides is 1. The molecule has 3 aromatic rings. The number of aromatic nitrogens is 4. The number of pyridine rings is 2. The quantitative estimate of drug-likeness (QED) is 0.117. The second kappa shape index (κ2) is 17.3. The van der Waals surface area contributed by atoms with Gasteiger partial charge in [0.15, 0.2) is 12.1 Å². The highest BCUT2D eigenvalue weighted by atomic mass is 16.8. The number of fused-ring (bicyclic) bond motifs is 1. The molecule has 1 unspecified atom stereocenters. The number of rotatable bonds is 15. The minimum atomic E-state index is -0.299. The minimum absolute atomic E-state index is 0.0309. The van der Waals surface area contributed by atoms with Gasteiger partial charge in [-0.1, -0.05) is 32.1 Å². The first-order valence-electron chi connectivity index (χ1n) is 18.6. The number of hydroxylamine groups is 1. The summed E-state index contributed by atoms with van der Waals surface area (Å²) in [6, 6.07) is 4.04. The molecule has 2 N–H and O–H groups in total. The van der Waals surface area contributed by atoms with Crippen LogP contribution in [-0.2, 0) is 14.4 Å². The Kier molecular flexibility index (Phi) is 12.4. The summed E-state index contributed by atoms with van der Waals surface area (Å²) in [6.07, 6.45) is 16.1. The van der Waals surface area contributed by atoms with Gasteiger partial charge >= 0.3 is 0 Å². The molecule has 3 fully saturated rings. The number of piperazine rings is 1. The van der Waals surface area contributed by atoms with E-state index in [-0.39, 0.29) is 35.1 Å². The van der Waals surface area contributed by atoms with Crippen molar-refractivity contribution in [3.63, 3.8) is 0 Å².